The molecule has 0 aromatic carbocycles. The second-order valence-corrected chi connectivity index (χ2v) is 6.03. The maximum atomic E-state index is 2.81. The second-order valence-electron chi connectivity index (χ2n) is 6.03. The molecule has 19 heavy (non-hydrogen) atoms. The molecule has 0 N–H and O–H groups in total. The first-order valence-electron chi connectivity index (χ1n) is 9.04. The molecule has 1 nitrogen and oxygen atoms in total. The van der Waals surface area contributed by atoms with Gasteiger partial charge in [-0.2, -0.15) is 0 Å². The monoisotopic (exact) mass is 269 g/mol. The molecule has 0 amide bonds. The zero-order valence-electron chi connectivity index (χ0n) is 14.2. The summed E-state index contributed by atoms with van der Waals surface area (Å²) in [6, 6.07) is 0.864. The molecule has 0 aromatic heterocycles. The Kier molecular flexibility index (Phi) is 14.3. The fourth-order valence-corrected chi connectivity index (χ4v) is 2.91. The molecule has 0 radical (unpaired) electrons. The lowest BCUT2D eigenvalue weighted by Crippen LogP contribution is -2.36. The first-order valence-corrected chi connectivity index (χ1v) is 9.04. The van der Waals surface area contributed by atoms with Crippen LogP contribution in [0.5, 0.6) is 0 Å². The second kappa shape index (κ2) is 14.4. The summed E-state index contributed by atoms with van der Waals surface area (Å²) in [5.74, 6) is 0. The highest BCUT2D eigenvalue weighted by Gasteiger charge is 2.16. The molecule has 0 aliphatic heterocycles. The summed E-state index contributed by atoms with van der Waals surface area (Å²) < 4.78 is 0. The van der Waals surface area contributed by atoms with Gasteiger partial charge in [-0.15, -0.1) is 0 Å². The highest BCUT2D eigenvalue weighted by molar-refractivity contribution is 4.72. The van der Waals surface area contributed by atoms with E-state index in [9.17, 15) is 0 Å². The van der Waals surface area contributed by atoms with Crippen LogP contribution in [-0.4, -0.2) is 24.0 Å². The van der Waals surface area contributed by atoms with Crippen molar-refractivity contribution in [1.29, 1.82) is 0 Å². The summed E-state index contributed by atoms with van der Waals surface area (Å²) in [4.78, 5) is 2.81. The molecule has 0 saturated heterocycles. The van der Waals surface area contributed by atoms with E-state index in [0.29, 0.717) is 0 Å². The van der Waals surface area contributed by atoms with E-state index in [-0.39, 0.29) is 0 Å². The van der Waals surface area contributed by atoms with E-state index >= 15 is 0 Å². The van der Waals surface area contributed by atoms with Crippen LogP contribution in [0.15, 0.2) is 0 Å². The third kappa shape index (κ3) is 10.4. The predicted octanol–water partition coefficient (Wildman–Crippen LogP) is 6.03. The summed E-state index contributed by atoms with van der Waals surface area (Å²) in [7, 11) is 0. The Bertz CT molecular complexity index is 167. The van der Waals surface area contributed by atoms with Crippen LogP contribution >= 0.6 is 0 Å². The van der Waals surface area contributed by atoms with Crippen molar-refractivity contribution in [1.82, 2.24) is 4.90 Å². The SMILES string of the molecule is CCCCCC(CCCC)N(CCC)CCCCC. The van der Waals surface area contributed by atoms with Crippen molar-refractivity contribution >= 4 is 0 Å². The summed E-state index contributed by atoms with van der Waals surface area (Å²) in [5, 5.41) is 0. The number of hydrogen-bond acceptors (Lipinski definition) is 1. The largest absolute Gasteiger partial charge is 0.300 e. The highest BCUT2D eigenvalue weighted by Crippen LogP contribution is 2.18. The van der Waals surface area contributed by atoms with E-state index in [1.54, 1.807) is 0 Å². The molecule has 116 valence electrons. The fraction of sp³-hybridized carbons (Fsp3) is 1.00. The lowest BCUT2D eigenvalue weighted by molar-refractivity contribution is 0.168. The summed E-state index contributed by atoms with van der Waals surface area (Å²) in [5.41, 5.74) is 0. The van der Waals surface area contributed by atoms with Gasteiger partial charge in [0.2, 0.25) is 0 Å². The molecule has 1 atom stereocenters. The molecule has 1 heteroatoms. The zero-order chi connectivity index (χ0) is 14.3. The Balaban J connectivity index is 4.24. The molecule has 0 aliphatic rings. The number of rotatable bonds is 14. The quantitative estimate of drug-likeness (QED) is 0.348. The smallest absolute Gasteiger partial charge is 0.00952 e. The first kappa shape index (κ1) is 19.0. The maximum Gasteiger partial charge on any atom is 0.00952 e. The lowest BCUT2D eigenvalue weighted by atomic mass is 10.0. The van der Waals surface area contributed by atoms with Crippen LogP contribution in [0.2, 0.25) is 0 Å². The van der Waals surface area contributed by atoms with E-state index < -0.39 is 0 Å². The van der Waals surface area contributed by atoms with Gasteiger partial charge in [0.25, 0.3) is 0 Å². The topological polar surface area (TPSA) is 3.24 Å². The van der Waals surface area contributed by atoms with Crippen LogP contribution in [0, 0.1) is 0 Å². The molecule has 1 unspecified atom stereocenters. The average Bonchev–Trinajstić information content (AvgIpc) is 2.42. The van der Waals surface area contributed by atoms with Gasteiger partial charge >= 0.3 is 0 Å². The standard InChI is InChI=1S/C18H39N/c1-5-9-12-15-18(14-11-7-3)19(16-8-4)17-13-10-6-2/h18H,5-17H2,1-4H3. The lowest BCUT2D eigenvalue weighted by Gasteiger charge is -2.32. The summed E-state index contributed by atoms with van der Waals surface area (Å²) in [6.45, 7) is 11.9. The maximum absolute atomic E-state index is 2.81. The molecule has 0 bridgehead atoms. The van der Waals surface area contributed by atoms with Gasteiger partial charge in [-0.05, 0) is 38.8 Å². The van der Waals surface area contributed by atoms with Crippen LogP contribution in [-0.2, 0) is 0 Å². The molecular formula is C18H39N. The molecular weight excluding hydrogens is 230 g/mol. The van der Waals surface area contributed by atoms with Crippen molar-refractivity contribution in [2.45, 2.75) is 104 Å². The average molecular weight is 270 g/mol. The minimum Gasteiger partial charge on any atom is -0.300 e. The predicted molar refractivity (Wildman–Crippen MR) is 88.8 cm³/mol. The van der Waals surface area contributed by atoms with Gasteiger partial charge in [0.1, 0.15) is 0 Å². The molecule has 0 spiro atoms. The van der Waals surface area contributed by atoms with Crippen molar-refractivity contribution in [3.05, 3.63) is 0 Å². The minimum absolute atomic E-state index is 0.864. The molecule has 0 aromatic rings. The Morgan fingerprint density at radius 2 is 1.16 bits per heavy atom. The summed E-state index contributed by atoms with van der Waals surface area (Å²) >= 11 is 0. The van der Waals surface area contributed by atoms with Crippen molar-refractivity contribution in [3.8, 4) is 0 Å². The molecule has 0 fully saturated rings. The highest BCUT2D eigenvalue weighted by atomic mass is 15.1. The van der Waals surface area contributed by atoms with Crippen LogP contribution in [0.3, 0.4) is 0 Å². The van der Waals surface area contributed by atoms with Gasteiger partial charge in [0, 0.05) is 6.04 Å². The van der Waals surface area contributed by atoms with Crippen molar-refractivity contribution in [3.63, 3.8) is 0 Å². The van der Waals surface area contributed by atoms with E-state index in [0.717, 1.165) is 6.04 Å². The van der Waals surface area contributed by atoms with Gasteiger partial charge in [-0.3, -0.25) is 0 Å². The van der Waals surface area contributed by atoms with Crippen LogP contribution in [0.25, 0.3) is 0 Å². The van der Waals surface area contributed by atoms with E-state index in [1.165, 1.54) is 83.7 Å². The Hall–Kier alpha value is -0.0400. The van der Waals surface area contributed by atoms with Crippen LogP contribution in [0.4, 0.5) is 0 Å². The minimum atomic E-state index is 0.864. The Morgan fingerprint density at radius 3 is 1.74 bits per heavy atom. The normalized spacial score (nSPS) is 13.1. The third-order valence-electron chi connectivity index (χ3n) is 4.11. The van der Waals surface area contributed by atoms with E-state index in [2.05, 4.69) is 32.6 Å². The van der Waals surface area contributed by atoms with Crippen molar-refractivity contribution in [2.75, 3.05) is 13.1 Å². The van der Waals surface area contributed by atoms with Gasteiger partial charge in [-0.1, -0.05) is 72.6 Å². The number of nitrogens with zero attached hydrogens (tertiary/aromatic N) is 1. The van der Waals surface area contributed by atoms with Crippen LogP contribution < -0.4 is 0 Å². The van der Waals surface area contributed by atoms with Gasteiger partial charge in [-0.25, -0.2) is 0 Å². The van der Waals surface area contributed by atoms with Gasteiger partial charge in [0.15, 0.2) is 0 Å². The Morgan fingerprint density at radius 1 is 0.579 bits per heavy atom. The zero-order valence-corrected chi connectivity index (χ0v) is 14.2. The first-order chi connectivity index (χ1) is 9.29. The van der Waals surface area contributed by atoms with Crippen LogP contribution in [0.1, 0.15) is 98.3 Å². The van der Waals surface area contributed by atoms with Crippen molar-refractivity contribution < 1.29 is 0 Å². The number of unbranched alkanes of at least 4 members (excludes halogenated alkanes) is 5. The summed E-state index contributed by atoms with van der Waals surface area (Å²) in [6.07, 6.45) is 15.2. The number of hydrogen-bond donors (Lipinski definition) is 0. The van der Waals surface area contributed by atoms with E-state index in [1.807, 2.05) is 0 Å². The Labute approximate surface area is 123 Å². The molecule has 0 rings (SSSR count). The molecule has 0 aliphatic carbocycles. The third-order valence-corrected chi connectivity index (χ3v) is 4.11. The molecule has 0 saturated carbocycles. The van der Waals surface area contributed by atoms with E-state index in [4.69, 9.17) is 0 Å². The molecule has 0 heterocycles. The van der Waals surface area contributed by atoms with Gasteiger partial charge < -0.3 is 4.90 Å². The fourth-order valence-electron chi connectivity index (χ4n) is 2.91. The van der Waals surface area contributed by atoms with Gasteiger partial charge in [0.05, 0.1) is 0 Å². The van der Waals surface area contributed by atoms with Crippen molar-refractivity contribution in [2.24, 2.45) is 0 Å².